The summed E-state index contributed by atoms with van der Waals surface area (Å²) in [6.07, 6.45) is 2.70. The largest absolute Gasteiger partial charge is 0.478 e. The highest BCUT2D eigenvalue weighted by atomic mass is 127. The van der Waals surface area contributed by atoms with E-state index in [1.165, 1.54) is 0 Å². The normalized spacial score (nSPS) is 9.36. The van der Waals surface area contributed by atoms with Crippen molar-refractivity contribution in [1.82, 2.24) is 0 Å². The molecule has 76 valence electrons. The molecule has 1 N–H and O–H groups in total. The molecule has 0 radical (unpaired) electrons. The molecular formula is C11H13IO2. The molecule has 2 nitrogen and oxygen atoms in total. The minimum Gasteiger partial charge on any atom is -0.478 e. The minimum atomic E-state index is -0.922. The van der Waals surface area contributed by atoms with Gasteiger partial charge < -0.3 is 5.11 Å². The number of hydrogen-bond donors (Lipinski definition) is 1. The zero-order chi connectivity index (χ0) is 11.0. The zero-order valence-corrected chi connectivity index (χ0v) is 10.4. The summed E-state index contributed by atoms with van der Waals surface area (Å²) in [4.78, 5) is 10.2. The average Bonchev–Trinajstić information content (AvgIpc) is 2.18. The van der Waals surface area contributed by atoms with Gasteiger partial charge in [0, 0.05) is 9.65 Å². The van der Waals surface area contributed by atoms with Crippen molar-refractivity contribution in [3.63, 3.8) is 0 Å². The second kappa shape index (κ2) is 7.55. The maximum Gasteiger partial charge on any atom is 0.328 e. The number of carboxylic acids is 1. The van der Waals surface area contributed by atoms with E-state index in [0.717, 1.165) is 15.2 Å². The van der Waals surface area contributed by atoms with E-state index < -0.39 is 5.97 Å². The van der Waals surface area contributed by atoms with Crippen molar-refractivity contribution >= 4 is 34.6 Å². The molecule has 0 amide bonds. The van der Waals surface area contributed by atoms with Gasteiger partial charge >= 0.3 is 5.97 Å². The van der Waals surface area contributed by atoms with Crippen LogP contribution in [0.2, 0.25) is 0 Å². The van der Waals surface area contributed by atoms with Crippen LogP contribution >= 0.6 is 22.6 Å². The van der Waals surface area contributed by atoms with E-state index in [0.29, 0.717) is 0 Å². The third-order valence-corrected chi connectivity index (χ3v) is 1.94. The third-order valence-electron chi connectivity index (χ3n) is 1.27. The Balaban J connectivity index is 0.000000791. The minimum absolute atomic E-state index is 0.907. The van der Waals surface area contributed by atoms with Gasteiger partial charge in [0.2, 0.25) is 0 Å². The Morgan fingerprint density at radius 3 is 2.57 bits per heavy atom. The second-order valence-corrected chi connectivity index (χ2v) is 3.47. The van der Waals surface area contributed by atoms with Crippen LogP contribution in [0.5, 0.6) is 0 Å². The van der Waals surface area contributed by atoms with E-state index in [4.69, 9.17) is 5.11 Å². The molecule has 3 heteroatoms. The van der Waals surface area contributed by atoms with Gasteiger partial charge in [-0.2, -0.15) is 0 Å². The van der Waals surface area contributed by atoms with Gasteiger partial charge in [-0.25, -0.2) is 4.79 Å². The third kappa shape index (κ3) is 5.75. The predicted molar refractivity (Wildman–Crippen MR) is 67.2 cm³/mol. The molecule has 0 spiro atoms. The molecule has 0 atom stereocenters. The van der Waals surface area contributed by atoms with Crippen LogP contribution in [0, 0.1) is 3.57 Å². The Bertz CT molecular complexity index is 319. The fourth-order valence-corrected chi connectivity index (χ4v) is 1.34. The number of halogens is 1. The summed E-state index contributed by atoms with van der Waals surface area (Å²) in [5.41, 5.74) is 0.907. The molecule has 1 aromatic carbocycles. The Hall–Kier alpha value is -0.840. The smallest absolute Gasteiger partial charge is 0.328 e. The lowest BCUT2D eigenvalue weighted by molar-refractivity contribution is -0.131. The van der Waals surface area contributed by atoms with Crippen LogP contribution in [0.25, 0.3) is 6.08 Å². The maximum atomic E-state index is 10.2. The van der Waals surface area contributed by atoms with Crippen LogP contribution in [-0.4, -0.2) is 11.1 Å². The van der Waals surface area contributed by atoms with Crippen LogP contribution in [0.1, 0.15) is 19.4 Å². The standard InChI is InChI=1S/C9H7IO2.C2H6/c10-8-3-1-2-7(6-8)4-5-9(11)12;1-2/h1-6H,(H,11,12);1-2H3. The molecule has 14 heavy (non-hydrogen) atoms. The predicted octanol–water partition coefficient (Wildman–Crippen LogP) is 3.42. The molecule has 1 aromatic rings. The number of aliphatic carboxylic acids is 1. The van der Waals surface area contributed by atoms with Gasteiger partial charge in [0.25, 0.3) is 0 Å². The number of benzene rings is 1. The summed E-state index contributed by atoms with van der Waals surface area (Å²) < 4.78 is 1.10. The molecule has 0 aliphatic carbocycles. The Kier molecular flexibility index (Phi) is 7.10. The first-order valence-electron chi connectivity index (χ1n) is 4.35. The topological polar surface area (TPSA) is 37.3 Å². The van der Waals surface area contributed by atoms with Crippen molar-refractivity contribution in [3.8, 4) is 0 Å². The molecule has 0 aliphatic rings. The van der Waals surface area contributed by atoms with Gasteiger partial charge in [-0.05, 0) is 46.4 Å². The highest BCUT2D eigenvalue weighted by Gasteiger charge is 1.89. The summed E-state index contributed by atoms with van der Waals surface area (Å²) in [5.74, 6) is -0.922. The molecule has 0 bridgehead atoms. The van der Waals surface area contributed by atoms with E-state index >= 15 is 0 Å². The Morgan fingerprint density at radius 2 is 2.07 bits per heavy atom. The summed E-state index contributed by atoms with van der Waals surface area (Å²) in [7, 11) is 0. The number of rotatable bonds is 2. The highest BCUT2D eigenvalue weighted by molar-refractivity contribution is 14.1. The molecule has 0 saturated carbocycles. The van der Waals surface area contributed by atoms with Gasteiger partial charge in [0.1, 0.15) is 0 Å². The summed E-state index contributed by atoms with van der Waals surface area (Å²) in [6, 6.07) is 7.63. The summed E-state index contributed by atoms with van der Waals surface area (Å²) >= 11 is 2.18. The monoisotopic (exact) mass is 304 g/mol. The van der Waals surface area contributed by atoms with E-state index in [1.807, 2.05) is 38.1 Å². The van der Waals surface area contributed by atoms with E-state index in [2.05, 4.69) is 22.6 Å². The fraction of sp³-hybridized carbons (Fsp3) is 0.182. The van der Waals surface area contributed by atoms with Crippen LogP contribution in [-0.2, 0) is 4.79 Å². The second-order valence-electron chi connectivity index (χ2n) is 2.23. The van der Waals surface area contributed by atoms with Crippen molar-refractivity contribution in [2.45, 2.75) is 13.8 Å². The molecule has 0 unspecified atom stereocenters. The first kappa shape index (κ1) is 13.2. The molecule has 0 aliphatic heterocycles. The molecule has 0 aromatic heterocycles. The zero-order valence-electron chi connectivity index (χ0n) is 8.20. The Labute approximate surface area is 97.8 Å². The van der Waals surface area contributed by atoms with Crippen LogP contribution in [0.4, 0.5) is 0 Å². The molecule has 1 rings (SSSR count). The van der Waals surface area contributed by atoms with Gasteiger partial charge in [-0.15, -0.1) is 0 Å². The summed E-state index contributed by atoms with van der Waals surface area (Å²) in [6.45, 7) is 4.00. The van der Waals surface area contributed by atoms with Gasteiger partial charge in [-0.3, -0.25) is 0 Å². The van der Waals surface area contributed by atoms with Crippen LogP contribution in [0.15, 0.2) is 30.3 Å². The molecule has 0 fully saturated rings. The SMILES string of the molecule is CC.O=C(O)C=Cc1cccc(I)c1. The maximum absolute atomic E-state index is 10.2. The van der Waals surface area contributed by atoms with Crippen molar-refractivity contribution in [2.75, 3.05) is 0 Å². The van der Waals surface area contributed by atoms with Gasteiger partial charge in [0.15, 0.2) is 0 Å². The van der Waals surface area contributed by atoms with Crippen molar-refractivity contribution in [3.05, 3.63) is 39.5 Å². The average molecular weight is 304 g/mol. The first-order chi connectivity index (χ1) is 6.68. The van der Waals surface area contributed by atoms with Crippen molar-refractivity contribution < 1.29 is 9.90 Å². The highest BCUT2D eigenvalue weighted by Crippen LogP contribution is 2.08. The number of carboxylic acid groups (broad SMARTS) is 1. The Morgan fingerprint density at radius 1 is 1.43 bits per heavy atom. The summed E-state index contributed by atoms with van der Waals surface area (Å²) in [5, 5.41) is 8.36. The quantitative estimate of drug-likeness (QED) is 0.671. The first-order valence-corrected chi connectivity index (χ1v) is 5.43. The van der Waals surface area contributed by atoms with E-state index in [1.54, 1.807) is 6.08 Å². The number of carbonyl (C=O) groups is 1. The lowest BCUT2D eigenvalue weighted by Crippen LogP contribution is -1.85. The van der Waals surface area contributed by atoms with Crippen LogP contribution < -0.4 is 0 Å². The fourth-order valence-electron chi connectivity index (χ4n) is 0.778. The van der Waals surface area contributed by atoms with E-state index in [9.17, 15) is 4.79 Å². The van der Waals surface area contributed by atoms with Crippen molar-refractivity contribution in [1.29, 1.82) is 0 Å². The van der Waals surface area contributed by atoms with Crippen LogP contribution in [0.3, 0.4) is 0 Å². The van der Waals surface area contributed by atoms with E-state index in [-0.39, 0.29) is 0 Å². The lowest BCUT2D eigenvalue weighted by atomic mass is 10.2. The van der Waals surface area contributed by atoms with Gasteiger partial charge in [0.05, 0.1) is 0 Å². The van der Waals surface area contributed by atoms with Gasteiger partial charge in [-0.1, -0.05) is 26.0 Å². The lowest BCUT2D eigenvalue weighted by Gasteiger charge is -1.92. The molecular weight excluding hydrogens is 291 g/mol. The number of hydrogen-bond acceptors (Lipinski definition) is 1. The molecule has 0 heterocycles. The van der Waals surface area contributed by atoms with Crippen molar-refractivity contribution in [2.24, 2.45) is 0 Å². The molecule has 0 saturated heterocycles.